The third-order valence-electron chi connectivity index (χ3n) is 3.81. The molecule has 2 heteroatoms. The summed E-state index contributed by atoms with van der Waals surface area (Å²) in [4.78, 5) is 2.55. The summed E-state index contributed by atoms with van der Waals surface area (Å²) in [5, 5.41) is 0. The molecule has 2 rings (SSSR count). The van der Waals surface area contributed by atoms with Crippen LogP contribution in [0.1, 0.15) is 36.9 Å². The molecule has 2 N–H and O–H groups in total. The van der Waals surface area contributed by atoms with Gasteiger partial charge in [0.05, 0.1) is 0 Å². The van der Waals surface area contributed by atoms with Gasteiger partial charge in [0.2, 0.25) is 0 Å². The van der Waals surface area contributed by atoms with Crippen molar-refractivity contribution in [2.24, 2.45) is 11.7 Å². The Hall–Kier alpha value is -0.860. The lowest BCUT2D eigenvalue weighted by Gasteiger charge is -2.37. The van der Waals surface area contributed by atoms with Crippen molar-refractivity contribution in [1.29, 1.82) is 0 Å². The summed E-state index contributed by atoms with van der Waals surface area (Å²) in [6.07, 6.45) is 2.67. The quantitative estimate of drug-likeness (QED) is 0.868. The van der Waals surface area contributed by atoms with E-state index in [4.69, 9.17) is 5.73 Å². The number of aryl methyl sites for hydroxylation is 1. The lowest BCUT2D eigenvalue weighted by atomic mass is 9.96. The van der Waals surface area contributed by atoms with Gasteiger partial charge in [-0.2, -0.15) is 0 Å². The number of nitrogens with two attached hydrogens (primary N) is 1. The van der Waals surface area contributed by atoms with Crippen LogP contribution in [0.3, 0.4) is 0 Å². The minimum atomic E-state index is 0.401. The maximum Gasteiger partial charge on any atom is 0.0470 e. The van der Waals surface area contributed by atoms with Crippen LogP contribution >= 0.6 is 0 Å². The van der Waals surface area contributed by atoms with Crippen LogP contribution in [0.2, 0.25) is 0 Å². The minimum Gasteiger partial charge on any atom is -0.329 e. The third-order valence-corrected chi connectivity index (χ3v) is 3.81. The normalized spacial score (nSPS) is 23.6. The molecule has 0 amide bonds. The Balaban J connectivity index is 2.12. The topological polar surface area (TPSA) is 29.3 Å². The van der Waals surface area contributed by atoms with Gasteiger partial charge in [-0.05, 0) is 37.8 Å². The van der Waals surface area contributed by atoms with E-state index in [-0.39, 0.29) is 0 Å². The lowest BCUT2D eigenvalue weighted by Crippen LogP contribution is -2.40. The monoisotopic (exact) mass is 232 g/mol. The largest absolute Gasteiger partial charge is 0.329 e. The van der Waals surface area contributed by atoms with Crippen LogP contribution < -0.4 is 5.73 Å². The van der Waals surface area contributed by atoms with Crippen molar-refractivity contribution in [3.8, 4) is 0 Å². The maximum absolute atomic E-state index is 5.98. The molecule has 17 heavy (non-hydrogen) atoms. The van der Waals surface area contributed by atoms with Crippen LogP contribution in [-0.2, 0) is 0 Å². The van der Waals surface area contributed by atoms with Gasteiger partial charge < -0.3 is 5.73 Å². The highest BCUT2D eigenvalue weighted by Crippen LogP contribution is 2.26. The molecular weight excluding hydrogens is 208 g/mol. The molecule has 1 fully saturated rings. The Bertz CT molecular complexity index is 344. The van der Waals surface area contributed by atoms with Crippen molar-refractivity contribution >= 4 is 0 Å². The molecule has 0 saturated carbocycles. The summed E-state index contributed by atoms with van der Waals surface area (Å²) in [6, 6.07) is 9.23. The number of nitrogens with zero attached hydrogens (tertiary/aromatic N) is 1. The van der Waals surface area contributed by atoms with Gasteiger partial charge in [0.1, 0.15) is 0 Å². The predicted molar refractivity (Wildman–Crippen MR) is 72.9 cm³/mol. The molecule has 0 aromatic heterocycles. The second-order valence-corrected chi connectivity index (χ2v) is 5.40. The van der Waals surface area contributed by atoms with E-state index in [1.54, 1.807) is 0 Å². The highest BCUT2D eigenvalue weighted by atomic mass is 15.2. The summed E-state index contributed by atoms with van der Waals surface area (Å²) in [6.45, 7) is 7.57. The van der Waals surface area contributed by atoms with Gasteiger partial charge in [-0.25, -0.2) is 0 Å². The van der Waals surface area contributed by atoms with E-state index >= 15 is 0 Å². The zero-order chi connectivity index (χ0) is 12.3. The first-order valence-electron chi connectivity index (χ1n) is 6.71. The Kier molecular flexibility index (Phi) is 4.19. The number of rotatable bonds is 3. The number of benzene rings is 1. The van der Waals surface area contributed by atoms with Gasteiger partial charge in [0.25, 0.3) is 0 Å². The maximum atomic E-state index is 5.98. The molecule has 0 radical (unpaired) electrons. The summed E-state index contributed by atoms with van der Waals surface area (Å²) in [5.74, 6) is 0.809. The highest BCUT2D eigenvalue weighted by Gasteiger charge is 2.23. The van der Waals surface area contributed by atoms with Crippen LogP contribution in [0, 0.1) is 12.8 Å². The summed E-state index contributed by atoms with van der Waals surface area (Å²) in [7, 11) is 0. The summed E-state index contributed by atoms with van der Waals surface area (Å²) in [5.41, 5.74) is 8.66. The SMILES string of the molecule is Cc1ccc([C@H](CN)N2CCC[C@@H](C)C2)cc1. The first-order chi connectivity index (χ1) is 8.20. The fraction of sp³-hybridized carbons (Fsp3) is 0.600. The Morgan fingerprint density at radius 2 is 2.06 bits per heavy atom. The van der Waals surface area contributed by atoms with Crippen LogP contribution in [0.4, 0.5) is 0 Å². The highest BCUT2D eigenvalue weighted by molar-refractivity contribution is 5.24. The Morgan fingerprint density at radius 1 is 1.35 bits per heavy atom. The van der Waals surface area contributed by atoms with Crippen molar-refractivity contribution in [3.63, 3.8) is 0 Å². The van der Waals surface area contributed by atoms with Gasteiger partial charge in [0, 0.05) is 19.1 Å². The van der Waals surface area contributed by atoms with Crippen molar-refractivity contribution in [2.75, 3.05) is 19.6 Å². The molecule has 0 aliphatic carbocycles. The summed E-state index contributed by atoms with van der Waals surface area (Å²) >= 11 is 0. The number of hydrogen-bond acceptors (Lipinski definition) is 2. The van der Waals surface area contributed by atoms with E-state index in [1.807, 2.05) is 0 Å². The number of piperidine rings is 1. The Morgan fingerprint density at radius 3 is 2.65 bits per heavy atom. The molecule has 0 bridgehead atoms. The molecular formula is C15H24N2. The molecule has 2 atom stereocenters. The van der Waals surface area contributed by atoms with E-state index in [1.165, 1.54) is 37.1 Å². The number of likely N-dealkylation sites (tertiary alicyclic amines) is 1. The summed E-state index contributed by atoms with van der Waals surface area (Å²) < 4.78 is 0. The fourth-order valence-electron chi connectivity index (χ4n) is 2.79. The predicted octanol–water partition coefficient (Wildman–Crippen LogP) is 2.73. The fourth-order valence-corrected chi connectivity index (χ4v) is 2.79. The zero-order valence-electron chi connectivity index (χ0n) is 11.0. The van der Waals surface area contributed by atoms with Gasteiger partial charge in [-0.3, -0.25) is 4.90 Å². The molecule has 1 saturated heterocycles. The van der Waals surface area contributed by atoms with E-state index in [0.29, 0.717) is 6.04 Å². The van der Waals surface area contributed by atoms with Gasteiger partial charge in [-0.15, -0.1) is 0 Å². The van der Waals surface area contributed by atoms with Gasteiger partial charge in [0.15, 0.2) is 0 Å². The smallest absolute Gasteiger partial charge is 0.0470 e. The van der Waals surface area contributed by atoms with Gasteiger partial charge >= 0.3 is 0 Å². The molecule has 1 aromatic rings. The second kappa shape index (κ2) is 5.65. The molecule has 1 heterocycles. The van der Waals surface area contributed by atoms with Crippen LogP contribution in [0.15, 0.2) is 24.3 Å². The molecule has 1 aliphatic heterocycles. The van der Waals surface area contributed by atoms with E-state index < -0.39 is 0 Å². The molecule has 2 nitrogen and oxygen atoms in total. The molecule has 94 valence electrons. The van der Waals surface area contributed by atoms with E-state index in [2.05, 4.69) is 43.0 Å². The zero-order valence-corrected chi connectivity index (χ0v) is 11.0. The number of hydrogen-bond donors (Lipinski definition) is 1. The van der Waals surface area contributed by atoms with Crippen LogP contribution in [-0.4, -0.2) is 24.5 Å². The van der Waals surface area contributed by atoms with Gasteiger partial charge in [-0.1, -0.05) is 36.8 Å². The van der Waals surface area contributed by atoms with E-state index in [0.717, 1.165) is 12.5 Å². The standard InChI is InChI=1S/C15H24N2/c1-12-5-7-14(8-6-12)15(10-16)17-9-3-4-13(2)11-17/h5-8,13,15H,3-4,9-11,16H2,1-2H3/t13-,15+/m1/s1. The van der Waals surface area contributed by atoms with Crippen LogP contribution in [0.25, 0.3) is 0 Å². The first-order valence-corrected chi connectivity index (χ1v) is 6.71. The molecule has 1 aliphatic rings. The first kappa shape index (κ1) is 12.6. The third kappa shape index (κ3) is 3.08. The lowest BCUT2D eigenvalue weighted by molar-refractivity contribution is 0.133. The molecule has 0 unspecified atom stereocenters. The molecule has 1 aromatic carbocycles. The van der Waals surface area contributed by atoms with Crippen molar-refractivity contribution in [2.45, 2.75) is 32.7 Å². The van der Waals surface area contributed by atoms with Crippen LogP contribution in [0.5, 0.6) is 0 Å². The Labute approximate surface area is 105 Å². The second-order valence-electron chi connectivity index (χ2n) is 5.40. The minimum absolute atomic E-state index is 0.401. The molecule has 0 spiro atoms. The van der Waals surface area contributed by atoms with Crippen molar-refractivity contribution in [1.82, 2.24) is 4.90 Å². The van der Waals surface area contributed by atoms with E-state index in [9.17, 15) is 0 Å². The average molecular weight is 232 g/mol. The van der Waals surface area contributed by atoms with Crippen molar-refractivity contribution in [3.05, 3.63) is 35.4 Å². The average Bonchev–Trinajstić information content (AvgIpc) is 2.33. The van der Waals surface area contributed by atoms with Crippen molar-refractivity contribution < 1.29 is 0 Å².